The first-order valence-electron chi connectivity index (χ1n) is 8.61. The van der Waals surface area contributed by atoms with Gasteiger partial charge in [-0.2, -0.15) is 5.10 Å². The molecule has 1 saturated heterocycles. The zero-order chi connectivity index (χ0) is 17.2. The van der Waals surface area contributed by atoms with Gasteiger partial charge in [-0.1, -0.05) is 0 Å². The van der Waals surface area contributed by atoms with Gasteiger partial charge in [0.2, 0.25) is 5.91 Å². The number of ether oxygens (including phenoxy) is 1. The van der Waals surface area contributed by atoms with E-state index in [1.165, 1.54) is 18.4 Å². The number of anilines is 1. The summed E-state index contributed by atoms with van der Waals surface area (Å²) in [6.45, 7) is 2.67. The Bertz CT molecular complexity index is 776. The van der Waals surface area contributed by atoms with Gasteiger partial charge in [-0.25, -0.2) is 0 Å². The summed E-state index contributed by atoms with van der Waals surface area (Å²) < 4.78 is 7.83. The van der Waals surface area contributed by atoms with Gasteiger partial charge in [0.15, 0.2) is 0 Å². The number of aryl methyl sites for hydroxylation is 1. The summed E-state index contributed by atoms with van der Waals surface area (Å²) in [5, 5.41) is 7.18. The van der Waals surface area contributed by atoms with E-state index in [1.807, 2.05) is 36.1 Å². The number of carbonyl (C=O) groups excluding carboxylic acids is 1. The van der Waals surface area contributed by atoms with E-state index in [0.29, 0.717) is 18.4 Å². The van der Waals surface area contributed by atoms with E-state index in [-0.39, 0.29) is 5.91 Å². The molecule has 3 heterocycles. The van der Waals surface area contributed by atoms with Crippen LogP contribution in [0.3, 0.4) is 0 Å². The Labute approximate surface area is 151 Å². The number of carbonyl (C=O) groups is 1. The van der Waals surface area contributed by atoms with Gasteiger partial charge in [-0.3, -0.25) is 14.4 Å². The second-order valence-corrected chi connectivity index (χ2v) is 7.50. The highest BCUT2D eigenvalue weighted by molar-refractivity contribution is 8.00. The summed E-state index contributed by atoms with van der Waals surface area (Å²) >= 11 is 1.56. The molecule has 0 spiro atoms. The number of nitrogens with zero attached hydrogens (tertiary/aromatic N) is 3. The fourth-order valence-electron chi connectivity index (χ4n) is 3.51. The minimum absolute atomic E-state index is 0.0571. The predicted molar refractivity (Wildman–Crippen MR) is 98.0 cm³/mol. The lowest BCUT2D eigenvalue weighted by Crippen LogP contribution is -2.28. The lowest BCUT2D eigenvalue weighted by atomic mass is 10.1. The Morgan fingerprint density at radius 2 is 2.36 bits per heavy atom. The largest absolute Gasteiger partial charge is 0.492 e. The topological polar surface area (TPSA) is 59.4 Å². The van der Waals surface area contributed by atoms with Crippen LogP contribution in [0.1, 0.15) is 24.4 Å². The smallest absolute Gasteiger partial charge is 0.234 e. The van der Waals surface area contributed by atoms with Crippen LogP contribution in [-0.2, 0) is 11.8 Å². The zero-order valence-electron chi connectivity index (χ0n) is 14.3. The van der Waals surface area contributed by atoms with Crippen molar-refractivity contribution in [2.24, 2.45) is 7.05 Å². The average molecular weight is 358 g/mol. The number of benzene rings is 1. The third kappa shape index (κ3) is 3.67. The van der Waals surface area contributed by atoms with E-state index in [0.717, 1.165) is 29.4 Å². The summed E-state index contributed by atoms with van der Waals surface area (Å²) in [4.78, 5) is 15.0. The molecule has 2 aliphatic rings. The molecule has 2 aliphatic heterocycles. The molecule has 0 saturated carbocycles. The molecule has 1 atom stereocenters. The van der Waals surface area contributed by atoms with Crippen LogP contribution in [0.25, 0.3) is 0 Å². The Hall–Kier alpha value is -1.99. The third-order valence-corrected chi connectivity index (χ3v) is 5.76. The van der Waals surface area contributed by atoms with Crippen molar-refractivity contribution in [3.8, 4) is 5.75 Å². The van der Waals surface area contributed by atoms with Crippen LogP contribution < -0.4 is 10.1 Å². The van der Waals surface area contributed by atoms with E-state index in [2.05, 4.69) is 21.5 Å². The van der Waals surface area contributed by atoms with Crippen molar-refractivity contribution in [2.75, 3.05) is 30.8 Å². The summed E-state index contributed by atoms with van der Waals surface area (Å²) in [7, 11) is 1.96. The maximum atomic E-state index is 11.4. The fraction of sp³-hybridized carbons (Fsp3) is 0.444. The molecule has 1 unspecified atom stereocenters. The van der Waals surface area contributed by atoms with Gasteiger partial charge in [-0.15, -0.1) is 11.8 Å². The van der Waals surface area contributed by atoms with Crippen molar-refractivity contribution in [2.45, 2.75) is 23.8 Å². The first-order chi connectivity index (χ1) is 12.2. The molecule has 1 N–H and O–H groups in total. The summed E-state index contributed by atoms with van der Waals surface area (Å²) in [6, 6.07) is 6.31. The molecule has 6 nitrogen and oxygen atoms in total. The standard InChI is InChI=1S/C18H22N4O2S/c1-21-11-13(10-19-21)16-3-2-6-22(16)7-8-24-14-4-5-15-17(9-14)25-12-18(23)20-15/h4-5,9-11,16H,2-3,6-8,12H2,1H3,(H,20,23). The van der Waals surface area contributed by atoms with Crippen molar-refractivity contribution in [1.29, 1.82) is 0 Å². The molecule has 25 heavy (non-hydrogen) atoms. The van der Waals surface area contributed by atoms with Gasteiger partial charge in [0.05, 0.1) is 17.6 Å². The van der Waals surface area contributed by atoms with E-state index < -0.39 is 0 Å². The number of thioether (sulfide) groups is 1. The number of likely N-dealkylation sites (tertiary alicyclic amines) is 1. The first-order valence-corrected chi connectivity index (χ1v) is 9.60. The van der Waals surface area contributed by atoms with Crippen molar-refractivity contribution >= 4 is 23.4 Å². The Balaban J connectivity index is 1.34. The second kappa shape index (κ2) is 7.09. The highest BCUT2D eigenvalue weighted by Gasteiger charge is 2.26. The van der Waals surface area contributed by atoms with Crippen LogP contribution in [0, 0.1) is 0 Å². The van der Waals surface area contributed by atoms with Gasteiger partial charge in [-0.05, 0) is 37.6 Å². The number of fused-ring (bicyclic) bond motifs is 1. The molecule has 2 aromatic rings. The maximum Gasteiger partial charge on any atom is 0.234 e. The molecule has 4 rings (SSSR count). The summed E-state index contributed by atoms with van der Waals surface area (Å²) in [5.74, 6) is 1.39. The van der Waals surface area contributed by atoms with Crippen LogP contribution >= 0.6 is 11.8 Å². The lowest BCUT2D eigenvalue weighted by molar-refractivity contribution is -0.113. The zero-order valence-corrected chi connectivity index (χ0v) is 15.1. The van der Waals surface area contributed by atoms with E-state index >= 15 is 0 Å². The number of rotatable bonds is 5. The Morgan fingerprint density at radius 1 is 1.44 bits per heavy atom. The van der Waals surface area contributed by atoms with Gasteiger partial charge < -0.3 is 10.1 Å². The fourth-order valence-corrected chi connectivity index (χ4v) is 4.34. The van der Waals surface area contributed by atoms with Crippen molar-refractivity contribution in [3.63, 3.8) is 0 Å². The summed E-state index contributed by atoms with van der Waals surface area (Å²) in [5.41, 5.74) is 2.17. The number of nitrogens with one attached hydrogen (secondary N) is 1. The van der Waals surface area contributed by atoms with Crippen molar-refractivity contribution < 1.29 is 9.53 Å². The molecule has 0 bridgehead atoms. The molecule has 132 valence electrons. The Morgan fingerprint density at radius 3 is 3.20 bits per heavy atom. The minimum atomic E-state index is 0.0571. The molecule has 0 radical (unpaired) electrons. The predicted octanol–water partition coefficient (Wildman–Crippen LogP) is 2.68. The maximum absolute atomic E-state index is 11.4. The van der Waals surface area contributed by atoms with Crippen molar-refractivity contribution in [3.05, 3.63) is 36.2 Å². The van der Waals surface area contributed by atoms with Crippen LogP contribution in [0.4, 0.5) is 5.69 Å². The van der Waals surface area contributed by atoms with Gasteiger partial charge in [0.1, 0.15) is 12.4 Å². The first kappa shape index (κ1) is 16.5. The third-order valence-electron chi connectivity index (χ3n) is 4.71. The molecule has 1 aromatic carbocycles. The minimum Gasteiger partial charge on any atom is -0.492 e. The van der Waals surface area contributed by atoms with Gasteiger partial charge in [0, 0.05) is 36.3 Å². The lowest BCUT2D eigenvalue weighted by Gasteiger charge is -2.23. The van der Waals surface area contributed by atoms with Crippen LogP contribution in [0.15, 0.2) is 35.5 Å². The average Bonchev–Trinajstić information content (AvgIpc) is 3.23. The molecular weight excluding hydrogens is 336 g/mol. The number of aromatic nitrogens is 2. The number of hydrogen-bond acceptors (Lipinski definition) is 5. The van der Waals surface area contributed by atoms with Crippen LogP contribution in [-0.4, -0.2) is 46.0 Å². The van der Waals surface area contributed by atoms with E-state index in [9.17, 15) is 4.79 Å². The van der Waals surface area contributed by atoms with Gasteiger partial charge in [0.25, 0.3) is 0 Å². The molecule has 0 aliphatic carbocycles. The normalized spacial score (nSPS) is 20.4. The molecule has 1 amide bonds. The number of amides is 1. The van der Waals surface area contributed by atoms with Crippen molar-refractivity contribution in [1.82, 2.24) is 14.7 Å². The summed E-state index contributed by atoms with van der Waals surface area (Å²) in [6.07, 6.45) is 6.48. The van der Waals surface area contributed by atoms with E-state index in [4.69, 9.17) is 4.74 Å². The second-order valence-electron chi connectivity index (χ2n) is 6.48. The van der Waals surface area contributed by atoms with Crippen LogP contribution in [0.2, 0.25) is 0 Å². The monoisotopic (exact) mass is 358 g/mol. The number of hydrogen-bond donors (Lipinski definition) is 1. The quantitative estimate of drug-likeness (QED) is 0.890. The highest BCUT2D eigenvalue weighted by Crippen LogP contribution is 2.34. The SMILES string of the molecule is Cn1cc(C2CCCN2CCOc2ccc3c(c2)SCC(=O)N3)cn1. The van der Waals surface area contributed by atoms with E-state index in [1.54, 1.807) is 11.8 Å². The Kier molecular flexibility index (Phi) is 4.67. The highest BCUT2D eigenvalue weighted by atomic mass is 32.2. The van der Waals surface area contributed by atoms with Crippen LogP contribution in [0.5, 0.6) is 5.75 Å². The molecular formula is C18H22N4O2S. The molecule has 1 fully saturated rings. The molecule has 1 aromatic heterocycles. The molecule has 7 heteroatoms. The van der Waals surface area contributed by atoms with Gasteiger partial charge >= 0.3 is 0 Å².